The molecule has 1 fully saturated rings. The summed E-state index contributed by atoms with van der Waals surface area (Å²) in [5.41, 5.74) is 1.06. The third kappa shape index (κ3) is 3.26. The number of alkyl halides is 1. The summed E-state index contributed by atoms with van der Waals surface area (Å²) in [4.78, 5) is 12.1. The van der Waals surface area contributed by atoms with Crippen LogP contribution in [0.4, 0.5) is 0 Å². The van der Waals surface area contributed by atoms with E-state index >= 15 is 0 Å². The molecule has 1 aliphatic carbocycles. The number of hydrogen-bond donors (Lipinski definition) is 0. The molecule has 0 aromatic heterocycles. The third-order valence-corrected chi connectivity index (χ3v) is 3.84. The average Bonchev–Trinajstić information content (AvgIpc) is 2.42. The minimum atomic E-state index is -0.178. The molecule has 1 aromatic carbocycles. The molecule has 0 spiro atoms. The minimum Gasteiger partial charge on any atom is -0.449 e. The van der Waals surface area contributed by atoms with Gasteiger partial charge < -0.3 is 4.74 Å². The van der Waals surface area contributed by atoms with Crippen LogP contribution in [0, 0.1) is 5.92 Å². The molecule has 1 aliphatic rings. The van der Waals surface area contributed by atoms with Crippen LogP contribution in [-0.2, 0) is 9.53 Å². The molecule has 0 unspecified atom stereocenters. The second kappa shape index (κ2) is 6.79. The van der Waals surface area contributed by atoms with Gasteiger partial charge in [0.1, 0.15) is 0 Å². The van der Waals surface area contributed by atoms with Gasteiger partial charge in [-0.2, -0.15) is 0 Å². The number of carbonyl (C=O) groups excluding carboxylic acids is 1. The van der Waals surface area contributed by atoms with Crippen molar-refractivity contribution in [2.24, 2.45) is 5.92 Å². The van der Waals surface area contributed by atoms with Gasteiger partial charge in [0.25, 0.3) is 0 Å². The van der Waals surface area contributed by atoms with E-state index in [2.05, 4.69) is 0 Å². The van der Waals surface area contributed by atoms with Gasteiger partial charge in [-0.05, 0) is 24.3 Å². The van der Waals surface area contributed by atoms with Gasteiger partial charge >= 0.3 is 5.97 Å². The standard InChI is InChI=1S/C15H19ClO2/c16-11-18-15(17)14(12-7-3-1-4-8-12)13-9-5-2-6-10-13/h1,3-4,7-8,13-14H,2,5-6,9-11H2/t14-/m1/s1. The van der Waals surface area contributed by atoms with Crippen molar-refractivity contribution >= 4 is 17.6 Å². The SMILES string of the molecule is O=C(OCCl)[C@H](c1ccccc1)C1CCCCC1. The van der Waals surface area contributed by atoms with Crippen LogP contribution >= 0.6 is 11.6 Å². The maximum Gasteiger partial charge on any atom is 0.314 e. The first-order valence-electron chi connectivity index (χ1n) is 6.60. The maximum absolute atomic E-state index is 12.1. The molecule has 1 aromatic rings. The molecule has 1 saturated carbocycles. The van der Waals surface area contributed by atoms with E-state index in [1.54, 1.807) is 0 Å². The quantitative estimate of drug-likeness (QED) is 0.606. The van der Waals surface area contributed by atoms with E-state index < -0.39 is 0 Å². The Morgan fingerprint density at radius 3 is 2.50 bits per heavy atom. The molecule has 0 bridgehead atoms. The van der Waals surface area contributed by atoms with Crippen LogP contribution in [0.1, 0.15) is 43.6 Å². The lowest BCUT2D eigenvalue weighted by Crippen LogP contribution is -2.25. The fourth-order valence-electron chi connectivity index (χ4n) is 2.87. The first kappa shape index (κ1) is 13.4. The molecule has 0 aliphatic heterocycles. The summed E-state index contributed by atoms with van der Waals surface area (Å²) in [5.74, 6) is 0.0743. The summed E-state index contributed by atoms with van der Waals surface area (Å²) in [6.07, 6.45) is 5.92. The van der Waals surface area contributed by atoms with Gasteiger partial charge in [0.2, 0.25) is 0 Å². The Hall–Kier alpha value is -1.02. The molecule has 18 heavy (non-hydrogen) atoms. The lowest BCUT2D eigenvalue weighted by Gasteiger charge is -2.28. The Morgan fingerprint density at radius 1 is 1.22 bits per heavy atom. The second-order valence-corrected chi connectivity index (χ2v) is 5.08. The van der Waals surface area contributed by atoms with Crippen LogP contribution < -0.4 is 0 Å². The summed E-state index contributed by atoms with van der Waals surface area (Å²) in [7, 11) is 0. The fourth-order valence-corrected chi connectivity index (χ4v) is 2.98. The van der Waals surface area contributed by atoms with Crippen molar-refractivity contribution in [2.75, 3.05) is 6.07 Å². The highest BCUT2D eigenvalue weighted by Crippen LogP contribution is 2.36. The molecule has 2 nitrogen and oxygen atoms in total. The lowest BCUT2D eigenvalue weighted by atomic mass is 9.77. The molecule has 0 heterocycles. The Kier molecular flexibility index (Phi) is 5.06. The van der Waals surface area contributed by atoms with Crippen molar-refractivity contribution in [1.82, 2.24) is 0 Å². The van der Waals surface area contributed by atoms with E-state index in [4.69, 9.17) is 16.3 Å². The zero-order valence-corrected chi connectivity index (χ0v) is 11.2. The van der Waals surface area contributed by atoms with Crippen molar-refractivity contribution in [3.05, 3.63) is 35.9 Å². The topological polar surface area (TPSA) is 26.3 Å². The van der Waals surface area contributed by atoms with Crippen molar-refractivity contribution in [3.63, 3.8) is 0 Å². The highest BCUT2D eigenvalue weighted by atomic mass is 35.5. The molecule has 98 valence electrons. The molecule has 2 rings (SSSR count). The number of halogens is 1. The van der Waals surface area contributed by atoms with Gasteiger partial charge in [-0.3, -0.25) is 4.79 Å². The number of hydrogen-bond acceptors (Lipinski definition) is 2. The summed E-state index contributed by atoms with van der Waals surface area (Å²) < 4.78 is 5.04. The highest BCUT2D eigenvalue weighted by molar-refractivity contribution is 6.17. The summed E-state index contributed by atoms with van der Waals surface area (Å²) >= 11 is 5.52. The molecule has 3 heteroatoms. The van der Waals surface area contributed by atoms with Crippen LogP contribution in [0.3, 0.4) is 0 Å². The Balaban J connectivity index is 2.19. The van der Waals surface area contributed by atoms with Crippen LogP contribution in [0.15, 0.2) is 30.3 Å². The van der Waals surface area contributed by atoms with Crippen molar-refractivity contribution < 1.29 is 9.53 Å². The number of ether oxygens (including phenoxy) is 1. The molecule has 0 N–H and O–H groups in total. The van der Waals surface area contributed by atoms with Crippen molar-refractivity contribution in [3.8, 4) is 0 Å². The van der Waals surface area contributed by atoms with Crippen LogP contribution in [-0.4, -0.2) is 12.0 Å². The van der Waals surface area contributed by atoms with Gasteiger partial charge in [0, 0.05) is 0 Å². The van der Waals surface area contributed by atoms with Gasteiger partial charge in [-0.25, -0.2) is 0 Å². The molecule has 0 amide bonds. The molecular weight excluding hydrogens is 248 g/mol. The largest absolute Gasteiger partial charge is 0.449 e. The van der Waals surface area contributed by atoms with Gasteiger partial charge in [0.05, 0.1) is 5.92 Å². The fraction of sp³-hybridized carbons (Fsp3) is 0.533. The monoisotopic (exact) mass is 266 g/mol. The number of rotatable bonds is 4. The Morgan fingerprint density at radius 2 is 1.89 bits per heavy atom. The Bertz CT molecular complexity index is 371. The number of esters is 1. The van der Waals surface area contributed by atoms with E-state index in [9.17, 15) is 4.79 Å². The molecule has 0 saturated heterocycles. The molecule has 0 radical (unpaired) electrons. The van der Waals surface area contributed by atoms with Crippen LogP contribution in [0.2, 0.25) is 0 Å². The van der Waals surface area contributed by atoms with E-state index in [-0.39, 0.29) is 18.0 Å². The van der Waals surface area contributed by atoms with Crippen LogP contribution in [0.5, 0.6) is 0 Å². The van der Waals surface area contributed by atoms with Crippen molar-refractivity contribution in [2.45, 2.75) is 38.0 Å². The van der Waals surface area contributed by atoms with Crippen LogP contribution in [0.25, 0.3) is 0 Å². The van der Waals surface area contributed by atoms with Gasteiger partial charge in [-0.1, -0.05) is 61.2 Å². The molecule has 1 atom stereocenters. The highest BCUT2D eigenvalue weighted by Gasteiger charge is 2.31. The van der Waals surface area contributed by atoms with E-state index in [1.165, 1.54) is 19.3 Å². The van der Waals surface area contributed by atoms with Gasteiger partial charge in [0.15, 0.2) is 6.07 Å². The molecular formula is C15H19ClO2. The maximum atomic E-state index is 12.1. The van der Waals surface area contributed by atoms with Gasteiger partial charge in [-0.15, -0.1) is 0 Å². The van der Waals surface area contributed by atoms with Crippen molar-refractivity contribution in [1.29, 1.82) is 0 Å². The smallest absolute Gasteiger partial charge is 0.314 e. The Labute approximate surface area is 113 Å². The lowest BCUT2D eigenvalue weighted by molar-refractivity contribution is -0.145. The minimum absolute atomic E-state index is 0.0606. The second-order valence-electron chi connectivity index (χ2n) is 4.86. The zero-order chi connectivity index (χ0) is 12.8. The van der Waals surface area contributed by atoms with E-state index in [0.717, 1.165) is 18.4 Å². The predicted octanol–water partition coefficient (Wildman–Crippen LogP) is 4.09. The first-order chi connectivity index (χ1) is 8.83. The predicted molar refractivity (Wildman–Crippen MR) is 72.6 cm³/mol. The number of carbonyl (C=O) groups is 1. The normalized spacial score (nSPS) is 18.3. The summed E-state index contributed by atoms with van der Waals surface area (Å²) in [5, 5.41) is 0. The summed E-state index contributed by atoms with van der Waals surface area (Å²) in [6, 6.07) is 9.87. The number of benzene rings is 1. The van der Waals surface area contributed by atoms with E-state index in [0.29, 0.717) is 5.92 Å². The third-order valence-electron chi connectivity index (χ3n) is 3.73. The zero-order valence-electron chi connectivity index (χ0n) is 10.5. The average molecular weight is 267 g/mol. The van der Waals surface area contributed by atoms with E-state index in [1.807, 2.05) is 30.3 Å². The summed E-state index contributed by atoms with van der Waals surface area (Å²) in [6.45, 7) is 0. The first-order valence-corrected chi connectivity index (χ1v) is 7.14.